The van der Waals surface area contributed by atoms with E-state index in [1.807, 2.05) is 0 Å². The number of methoxy groups -OCH3 is 1. The molecular formula is C28H31NO12. The lowest BCUT2D eigenvalue weighted by molar-refractivity contribution is -0.250. The lowest BCUT2D eigenvalue weighted by Gasteiger charge is -2.42. The van der Waals surface area contributed by atoms with Crippen molar-refractivity contribution in [1.82, 2.24) is 5.32 Å². The van der Waals surface area contributed by atoms with Crippen LogP contribution < -0.4 is 10.1 Å². The summed E-state index contributed by atoms with van der Waals surface area (Å²) in [6.45, 7) is 0.0913. The molecule has 2 aromatic rings. The molecule has 2 aromatic carbocycles. The number of phenolic OH excluding ortho intramolecular Hbond substituents is 2. The minimum absolute atomic E-state index is 0.00392. The van der Waals surface area contributed by atoms with Crippen LogP contribution in [0.25, 0.3) is 0 Å². The van der Waals surface area contributed by atoms with E-state index < -0.39 is 102 Å². The van der Waals surface area contributed by atoms with Gasteiger partial charge >= 0.3 is 0 Å². The number of rotatable bonds is 7. The molecule has 1 saturated heterocycles. The molecule has 2 aliphatic carbocycles. The standard InChI is InChI=1S/C28H31NO12/c1-11-23(33)14(29-10-31)6-18(40-11)41-16-8-28(38,17(32)9-30)7-13-20(16)27(37)22-21(25(13)35)24(34)12-4-3-5-15(39-2)19(12)26(22)36/h3-5,11,14,16,18,23,29-31,33,35,37-38H,6-10H2,1-2H3/t11?,14?,16-,18?,23?,28-/m0/s1. The van der Waals surface area contributed by atoms with Crippen LogP contribution in [0, 0.1) is 0 Å². The fourth-order valence-corrected chi connectivity index (χ4v) is 6.04. The van der Waals surface area contributed by atoms with Gasteiger partial charge in [-0.25, -0.2) is 0 Å². The minimum Gasteiger partial charge on any atom is -0.507 e. The summed E-state index contributed by atoms with van der Waals surface area (Å²) in [6, 6.07) is 3.68. The van der Waals surface area contributed by atoms with E-state index in [0.717, 1.165) is 0 Å². The fraction of sp³-hybridized carbons (Fsp3) is 0.464. The molecule has 13 nitrogen and oxygen atoms in total. The Morgan fingerprint density at radius 3 is 2.49 bits per heavy atom. The highest BCUT2D eigenvalue weighted by Gasteiger charge is 2.50. The normalized spacial score (nSPS) is 29.0. The first kappa shape index (κ1) is 29.1. The van der Waals surface area contributed by atoms with Crippen LogP contribution >= 0.6 is 0 Å². The van der Waals surface area contributed by atoms with E-state index in [2.05, 4.69) is 5.32 Å². The molecule has 0 aromatic heterocycles. The van der Waals surface area contributed by atoms with Crippen molar-refractivity contribution in [3.05, 3.63) is 51.6 Å². The molecule has 1 fully saturated rings. The molecule has 0 amide bonds. The number of carbonyl (C=O) groups is 3. The van der Waals surface area contributed by atoms with Crippen LogP contribution in [0.1, 0.15) is 68.8 Å². The van der Waals surface area contributed by atoms with Crippen LogP contribution in [0.2, 0.25) is 0 Å². The van der Waals surface area contributed by atoms with Crippen LogP contribution in [-0.4, -0.2) is 98.6 Å². The van der Waals surface area contributed by atoms with Gasteiger partial charge in [0.1, 0.15) is 29.5 Å². The van der Waals surface area contributed by atoms with Gasteiger partial charge in [-0.1, -0.05) is 12.1 Å². The Morgan fingerprint density at radius 2 is 1.83 bits per heavy atom. The number of fused-ring (bicyclic) bond motifs is 3. The molecule has 0 saturated carbocycles. The van der Waals surface area contributed by atoms with Gasteiger partial charge in [-0.3, -0.25) is 19.7 Å². The monoisotopic (exact) mass is 573 g/mol. The Bertz CT molecular complexity index is 1420. The summed E-state index contributed by atoms with van der Waals surface area (Å²) in [5.74, 6) is -3.86. The first-order valence-electron chi connectivity index (χ1n) is 13.0. The van der Waals surface area contributed by atoms with Crippen molar-refractivity contribution >= 4 is 17.3 Å². The van der Waals surface area contributed by atoms with Crippen LogP contribution in [0.15, 0.2) is 18.2 Å². The number of ether oxygens (including phenoxy) is 3. The van der Waals surface area contributed by atoms with Crippen molar-refractivity contribution < 1.29 is 59.2 Å². The zero-order valence-electron chi connectivity index (χ0n) is 22.3. The molecule has 1 heterocycles. The number of aliphatic hydroxyl groups excluding tert-OH is 3. The Balaban J connectivity index is 1.66. The number of hydrogen-bond acceptors (Lipinski definition) is 13. The Labute approximate surface area is 233 Å². The van der Waals surface area contributed by atoms with Crippen molar-refractivity contribution in [3.63, 3.8) is 0 Å². The number of carbonyl (C=O) groups excluding carboxylic acids is 3. The van der Waals surface area contributed by atoms with E-state index in [1.165, 1.54) is 25.3 Å². The Kier molecular flexibility index (Phi) is 7.63. The lowest BCUT2D eigenvalue weighted by atomic mass is 9.72. The molecule has 13 heteroatoms. The highest BCUT2D eigenvalue weighted by molar-refractivity contribution is 6.31. The molecule has 6 atom stereocenters. The second-order valence-electron chi connectivity index (χ2n) is 10.5. The van der Waals surface area contributed by atoms with Crippen LogP contribution in [0.5, 0.6) is 17.2 Å². The first-order chi connectivity index (χ1) is 19.5. The molecule has 3 aliphatic rings. The summed E-state index contributed by atoms with van der Waals surface area (Å²) in [5.41, 5.74) is -3.75. The summed E-state index contributed by atoms with van der Waals surface area (Å²) in [6.07, 6.45) is -5.33. The molecule has 1 aliphatic heterocycles. The maximum atomic E-state index is 13.7. The van der Waals surface area contributed by atoms with Crippen molar-refractivity contribution in [2.45, 2.75) is 62.4 Å². The van der Waals surface area contributed by atoms with Crippen LogP contribution in [-0.2, 0) is 20.7 Å². The average Bonchev–Trinajstić information content (AvgIpc) is 2.95. The molecule has 0 bridgehead atoms. The SMILES string of the molecule is COc1cccc2c1C(=O)c1c(O)c3c(c(O)c1C2=O)C[C@@](O)(C(=O)CO)C[C@@H]3OC1CC(NCO)C(O)C(C)O1. The van der Waals surface area contributed by atoms with Gasteiger partial charge < -0.3 is 44.8 Å². The summed E-state index contributed by atoms with van der Waals surface area (Å²) >= 11 is 0. The molecule has 5 rings (SSSR count). The fourth-order valence-electron chi connectivity index (χ4n) is 6.04. The van der Waals surface area contributed by atoms with Crippen molar-refractivity contribution in [2.75, 3.05) is 20.4 Å². The Hall–Kier alpha value is -3.43. The summed E-state index contributed by atoms with van der Waals surface area (Å²) in [4.78, 5) is 39.9. The van der Waals surface area contributed by atoms with E-state index in [1.54, 1.807) is 6.92 Å². The van der Waals surface area contributed by atoms with E-state index in [9.17, 15) is 45.0 Å². The summed E-state index contributed by atoms with van der Waals surface area (Å²) in [7, 11) is 1.32. The minimum atomic E-state index is -2.27. The second kappa shape index (κ2) is 10.8. The quantitative estimate of drug-likeness (QED) is 0.142. The van der Waals surface area contributed by atoms with Gasteiger partial charge in [0, 0.05) is 42.0 Å². The van der Waals surface area contributed by atoms with Crippen molar-refractivity contribution in [2.24, 2.45) is 0 Å². The van der Waals surface area contributed by atoms with Crippen LogP contribution in [0.3, 0.4) is 0 Å². The largest absolute Gasteiger partial charge is 0.507 e. The van der Waals surface area contributed by atoms with E-state index in [-0.39, 0.29) is 34.4 Å². The number of Topliss-reactive ketones (excluding diaryl/α,β-unsaturated/α-hetero) is 1. The zero-order chi connectivity index (χ0) is 29.8. The number of ketones is 3. The topological polar surface area (TPSA) is 212 Å². The number of hydrogen-bond donors (Lipinski definition) is 7. The molecule has 4 unspecified atom stereocenters. The Morgan fingerprint density at radius 1 is 1.12 bits per heavy atom. The highest BCUT2D eigenvalue weighted by Crippen LogP contribution is 2.52. The molecule has 41 heavy (non-hydrogen) atoms. The maximum Gasteiger partial charge on any atom is 0.202 e. The van der Waals surface area contributed by atoms with Gasteiger partial charge in [-0.2, -0.15) is 0 Å². The third kappa shape index (κ3) is 4.59. The van der Waals surface area contributed by atoms with Gasteiger partial charge in [-0.05, 0) is 13.0 Å². The number of phenols is 2. The molecule has 7 N–H and O–H groups in total. The van der Waals surface area contributed by atoms with Gasteiger partial charge in [0.25, 0.3) is 0 Å². The first-order valence-corrected chi connectivity index (χ1v) is 13.0. The highest BCUT2D eigenvalue weighted by atomic mass is 16.7. The molecular weight excluding hydrogens is 542 g/mol. The number of aliphatic hydroxyl groups is 4. The van der Waals surface area contributed by atoms with Gasteiger partial charge in [0.05, 0.1) is 48.8 Å². The predicted molar refractivity (Wildman–Crippen MR) is 138 cm³/mol. The lowest BCUT2D eigenvalue weighted by Crippen LogP contribution is -2.54. The smallest absolute Gasteiger partial charge is 0.202 e. The summed E-state index contributed by atoms with van der Waals surface area (Å²) in [5, 5.41) is 66.2. The second-order valence-corrected chi connectivity index (χ2v) is 10.5. The van der Waals surface area contributed by atoms with E-state index >= 15 is 0 Å². The van der Waals surface area contributed by atoms with Gasteiger partial charge in [-0.15, -0.1) is 0 Å². The third-order valence-electron chi connectivity index (χ3n) is 8.11. The van der Waals surface area contributed by atoms with E-state index in [4.69, 9.17) is 14.2 Å². The molecule has 220 valence electrons. The van der Waals surface area contributed by atoms with Gasteiger partial charge in [0.2, 0.25) is 5.78 Å². The molecule has 0 spiro atoms. The third-order valence-corrected chi connectivity index (χ3v) is 8.11. The van der Waals surface area contributed by atoms with Crippen LogP contribution in [0.4, 0.5) is 0 Å². The van der Waals surface area contributed by atoms with Crippen molar-refractivity contribution in [1.29, 1.82) is 0 Å². The molecule has 0 radical (unpaired) electrons. The zero-order valence-corrected chi connectivity index (χ0v) is 22.3. The van der Waals surface area contributed by atoms with E-state index in [0.29, 0.717) is 0 Å². The maximum absolute atomic E-state index is 13.7. The summed E-state index contributed by atoms with van der Waals surface area (Å²) < 4.78 is 17.1. The number of benzene rings is 2. The number of nitrogens with one attached hydrogen (secondary N) is 1. The van der Waals surface area contributed by atoms with Gasteiger partial charge in [0.15, 0.2) is 17.9 Å². The predicted octanol–water partition coefficient (Wildman–Crippen LogP) is -0.418. The average molecular weight is 574 g/mol. The van der Waals surface area contributed by atoms with Crippen molar-refractivity contribution in [3.8, 4) is 17.2 Å². The number of aromatic hydroxyl groups is 2.